The van der Waals surface area contributed by atoms with Gasteiger partial charge in [-0.25, -0.2) is 0 Å². The number of fused-ring (bicyclic) bond motifs is 3. The maximum Gasteiger partial charge on any atom is 0.161 e. The standard InChI is InChI=1S/C19H29NO3/c1-12(2)7-14-11-20-6-5-13-8-18(22-3)19(23-4)9-15(13)16(20)10-17(14)21/h8-9,12,14,16-17,21H,5-7,10-11H2,1-4H3/i5D2,6D2,11D2,16D. The normalized spacial score (nSPS) is 41.7. The van der Waals surface area contributed by atoms with Crippen molar-refractivity contribution in [2.45, 2.75) is 45.2 Å². The van der Waals surface area contributed by atoms with Crippen LogP contribution in [0.5, 0.6) is 11.5 Å². The van der Waals surface area contributed by atoms with Crippen LogP contribution in [0.2, 0.25) is 0 Å². The third-order valence-electron chi connectivity index (χ3n) is 4.29. The molecule has 3 unspecified atom stereocenters. The minimum atomic E-state index is -2.86. The summed E-state index contributed by atoms with van der Waals surface area (Å²) in [6.07, 6.45) is -3.83. The quantitative estimate of drug-likeness (QED) is 0.923. The van der Waals surface area contributed by atoms with Gasteiger partial charge in [0.2, 0.25) is 0 Å². The molecule has 0 spiro atoms. The number of aryl methyl sites for hydroxylation is 1. The number of ether oxygens (including phenoxy) is 2. The summed E-state index contributed by atoms with van der Waals surface area (Å²) in [7, 11) is 2.77. The number of aliphatic hydroxyl groups excluding tert-OH is 1. The van der Waals surface area contributed by atoms with Crippen LogP contribution in [-0.4, -0.2) is 43.3 Å². The van der Waals surface area contributed by atoms with Gasteiger partial charge in [0, 0.05) is 27.2 Å². The van der Waals surface area contributed by atoms with Crippen LogP contribution < -0.4 is 9.47 Å². The lowest BCUT2D eigenvalue weighted by molar-refractivity contribution is -0.0191. The highest BCUT2D eigenvalue weighted by molar-refractivity contribution is 5.49. The van der Waals surface area contributed by atoms with Crippen LogP contribution in [0.25, 0.3) is 0 Å². The van der Waals surface area contributed by atoms with E-state index in [0.717, 1.165) is 0 Å². The summed E-state index contributed by atoms with van der Waals surface area (Å²) in [5, 5.41) is 10.9. The molecule has 3 rings (SSSR count). The van der Waals surface area contributed by atoms with Gasteiger partial charge < -0.3 is 14.6 Å². The minimum Gasteiger partial charge on any atom is -0.493 e. The fraction of sp³-hybridized carbons (Fsp3) is 0.684. The Hall–Kier alpha value is -1.26. The molecule has 2 heterocycles. The van der Waals surface area contributed by atoms with E-state index in [1.165, 1.54) is 26.4 Å². The molecule has 0 bridgehead atoms. The van der Waals surface area contributed by atoms with Crippen molar-refractivity contribution in [3.05, 3.63) is 23.3 Å². The third kappa shape index (κ3) is 3.20. The van der Waals surface area contributed by atoms with Gasteiger partial charge in [0.1, 0.15) is 0 Å². The van der Waals surface area contributed by atoms with Crippen molar-refractivity contribution >= 4 is 0 Å². The van der Waals surface area contributed by atoms with Crippen LogP contribution in [0.15, 0.2) is 12.1 Å². The molecule has 1 N–H and O–H groups in total. The monoisotopic (exact) mass is 326 g/mol. The van der Waals surface area contributed by atoms with Gasteiger partial charge in [-0.3, -0.25) is 4.90 Å². The van der Waals surface area contributed by atoms with Crippen molar-refractivity contribution in [2.75, 3.05) is 27.2 Å². The fourth-order valence-corrected chi connectivity index (χ4v) is 3.15. The predicted molar refractivity (Wildman–Crippen MR) is 91.1 cm³/mol. The van der Waals surface area contributed by atoms with Crippen LogP contribution in [0.3, 0.4) is 0 Å². The van der Waals surface area contributed by atoms with Crippen LogP contribution in [0.1, 0.15) is 53.4 Å². The zero-order valence-electron chi connectivity index (χ0n) is 21.0. The van der Waals surface area contributed by atoms with E-state index in [2.05, 4.69) is 0 Å². The van der Waals surface area contributed by atoms with E-state index in [1.807, 2.05) is 13.8 Å². The first kappa shape index (κ1) is 9.90. The zero-order chi connectivity index (χ0) is 22.9. The highest BCUT2D eigenvalue weighted by Crippen LogP contribution is 2.43. The Balaban J connectivity index is 2.33. The maximum absolute atomic E-state index is 10.9. The SMILES string of the molecule is [2H]C12CC(O)C(CC(C)C)C([2H])([2H])N1C([2H])([2H])C([2H])([2H])c1cc(OC)c(OC)cc12. The van der Waals surface area contributed by atoms with Crippen molar-refractivity contribution < 1.29 is 24.2 Å². The molecule has 3 atom stereocenters. The molecule has 0 aliphatic carbocycles. The highest BCUT2D eigenvalue weighted by Gasteiger charge is 2.38. The van der Waals surface area contributed by atoms with E-state index in [-0.39, 0.29) is 41.4 Å². The van der Waals surface area contributed by atoms with Gasteiger partial charge >= 0.3 is 0 Å². The number of benzene rings is 1. The molecule has 4 nitrogen and oxygen atoms in total. The van der Waals surface area contributed by atoms with Crippen molar-refractivity contribution in [3.63, 3.8) is 0 Å². The number of rotatable bonds is 4. The molecule has 0 amide bonds. The summed E-state index contributed by atoms with van der Waals surface area (Å²) in [4.78, 5) is 0.682. The van der Waals surface area contributed by atoms with E-state index in [1.54, 1.807) is 0 Å². The first-order chi connectivity index (χ1) is 13.7. The van der Waals surface area contributed by atoms with Crippen molar-refractivity contribution in [1.82, 2.24) is 4.90 Å². The average molecular weight is 326 g/mol. The lowest BCUT2D eigenvalue weighted by Crippen LogP contribution is -2.48. The summed E-state index contributed by atoms with van der Waals surface area (Å²) in [5.74, 6) is -0.531. The van der Waals surface area contributed by atoms with E-state index >= 15 is 0 Å². The van der Waals surface area contributed by atoms with Gasteiger partial charge in [0.05, 0.1) is 21.7 Å². The Morgan fingerprint density at radius 2 is 2.04 bits per heavy atom. The molecule has 0 radical (unpaired) electrons. The summed E-state index contributed by atoms with van der Waals surface area (Å²) in [5.41, 5.74) is -0.0482. The Morgan fingerprint density at radius 1 is 1.35 bits per heavy atom. The van der Waals surface area contributed by atoms with Crippen molar-refractivity contribution in [1.29, 1.82) is 0 Å². The second kappa shape index (κ2) is 6.70. The molecule has 0 saturated carbocycles. The van der Waals surface area contributed by atoms with Gasteiger partial charge in [-0.15, -0.1) is 0 Å². The molecular formula is C19H29NO3. The van der Waals surface area contributed by atoms with Gasteiger partial charge in [-0.2, -0.15) is 0 Å². The van der Waals surface area contributed by atoms with Crippen LogP contribution in [0, 0.1) is 11.8 Å². The molecule has 1 aromatic carbocycles. The molecular weight excluding hydrogens is 290 g/mol. The van der Waals surface area contributed by atoms with Crippen LogP contribution in [-0.2, 0) is 6.37 Å². The Labute approximate surface area is 149 Å². The van der Waals surface area contributed by atoms with Gasteiger partial charge in [0.15, 0.2) is 11.5 Å². The average Bonchev–Trinajstić information content (AvgIpc) is 2.62. The zero-order valence-corrected chi connectivity index (χ0v) is 14.0. The van der Waals surface area contributed by atoms with Crippen LogP contribution in [0.4, 0.5) is 0 Å². The molecule has 128 valence electrons. The second-order valence-electron chi connectivity index (χ2n) is 6.41. The second-order valence-corrected chi connectivity index (χ2v) is 6.41. The van der Waals surface area contributed by atoms with Crippen LogP contribution >= 0.6 is 0 Å². The first-order valence-electron chi connectivity index (χ1n) is 11.4. The molecule has 1 fully saturated rings. The minimum absolute atomic E-state index is 0.0296. The number of piperidine rings is 1. The lowest BCUT2D eigenvalue weighted by atomic mass is 9.79. The number of hydrogen-bond donors (Lipinski definition) is 1. The molecule has 0 aromatic heterocycles. The number of nitrogens with zero attached hydrogens (tertiary/aromatic N) is 1. The highest BCUT2D eigenvalue weighted by atomic mass is 16.5. The lowest BCUT2D eigenvalue weighted by Gasteiger charge is -2.46. The van der Waals surface area contributed by atoms with E-state index in [9.17, 15) is 6.48 Å². The van der Waals surface area contributed by atoms with Gasteiger partial charge in [-0.1, -0.05) is 13.8 Å². The molecule has 2 aliphatic rings. The number of aliphatic hydroxyl groups is 1. The Bertz CT molecular complexity index is 833. The van der Waals surface area contributed by atoms with Crippen molar-refractivity contribution in [2.24, 2.45) is 11.8 Å². The van der Waals surface area contributed by atoms with E-state index in [4.69, 9.17) is 17.7 Å². The Kier molecular flexibility index (Phi) is 2.88. The fourth-order valence-electron chi connectivity index (χ4n) is 3.15. The number of hydrogen-bond acceptors (Lipinski definition) is 4. The molecule has 2 aliphatic heterocycles. The Morgan fingerprint density at radius 3 is 2.70 bits per heavy atom. The summed E-state index contributed by atoms with van der Waals surface area (Å²) in [6.45, 7) is -1.57. The van der Waals surface area contributed by atoms with Gasteiger partial charge in [-0.05, 0) is 54.3 Å². The topological polar surface area (TPSA) is 41.9 Å². The van der Waals surface area contributed by atoms with E-state index in [0.29, 0.717) is 4.90 Å². The smallest absolute Gasteiger partial charge is 0.161 e. The van der Waals surface area contributed by atoms with Crippen molar-refractivity contribution in [3.8, 4) is 11.5 Å². The summed E-state index contributed by atoms with van der Waals surface area (Å²) in [6, 6.07) is 0.662. The maximum atomic E-state index is 10.9. The third-order valence-corrected chi connectivity index (χ3v) is 4.29. The largest absolute Gasteiger partial charge is 0.493 e. The molecule has 1 saturated heterocycles. The molecule has 23 heavy (non-hydrogen) atoms. The van der Waals surface area contributed by atoms with E-state index < -0.39 is 37.4 Å². The predicted octanol–water partition coefficient (Wildman–Crippen LogP) is 3.03. The molecule has 1 aromatic rings. The first-order valence-corrected chi connectivity index (χ1v) is 7.91. The molecule has 4 heteroatoms. The number of methoxy groups -OCH3 is 2. The van der Waals surface area contributed by atoms with Gasteiger partial charge in [0.25, 0.3) is 0 Å². The summed E-state index contributed by atoms with van der Waals surface area (Å²) >= 11 is 0. The summed E-state index contributed by atoms with van der Waals surface area (Å²) < 4.78 is 71.7.